The maximum Gasteiger partial charge on any atom is 0.157 e. The smallest absolute Gasteiger partial charge is 0.157 e. The van der Waals surface area contributed by atoms with Crippen molar-refractivity contribution in [2.24, 2.45) is 4.99 Å². The van der Waals surface area contributed by atoms with Crippen LogP contribution in [-0.2, 0) is 6.54 Å². The summed E-state index contributed by atoms with van der Waals surface area (Å²) < 4.78 is 14.1. The Kier molecular flexibility index (Phi) is 6.75. The number of pyridine rings is 1. The monoisotopic (exact) mass is 521 g/mol. The molecule has 2 aliphatic heterocycles. The summed E-state index contributed by atoms with van der Waals surface area (Å²) in [4.78, 5) is 17.9. The van der Waals surface area contributed by atoms with Crippen LogP contribution in [0.2, 0.25) is 0 Å². The third-order valence-corrected chi connectivity index (χ3v) is 6.68. The van der Waals surface area contributed by atoms with E-state index in [2.05, 4.69) is 46.1 Å². The number of halogens is 1. The van der Waals surface area contributed by atoms with Gasteiger partial charge in [0, 0.05) is 54.5 Å². The normalized spacial score (nSPS) is 15.1. The number of phenols is 1. The summed E-state index contributed by atoms with van der Waals surface area (Å²) in [6.45, 7) is 4.80. The number of benzene rings is 2. The zero-order valence-corrected chi connectivity index (χ0v) is 21.4. The van der Waals surface area contributed by atoms with Gasteiger partial charge in [-0.1, -0.05) is 19.1 Å². The number of phenolic OH excluding ortho intramolecular Hbond substituents is 1. The van der Waals surface area contributed by atoms with E-state index in [0.29, 0.717) is 35.7 Å². The molecule has 0 spiro atoms. The molecule has 0 saturated heterocycles. The number of rotatable bonds is 6. The molecule has 4 aromatic rings. The second kappa shape index (κ2) is 10.6. The van der Waals surface area contributed by atoms with Crippen LogP contribution in [0.15, 0.2) is 83.8 Å². The zero-order valence-electron chi connectivity index (χ0n) is 21.4. The fraction of sp³-hybridized carbons (Fsp3) is 0.167. The molecular formula is C30H28FN7O. The lowest BCUT2D eigenvalue weighted by atomic mass is 10.0. The van der Waals surface area contributed by atoms with E-state index in [4.69, 9.17) is 15.0 Å². The minimum Gasteiger partial charge on any atom is -0.508 e. The molecule has 0 aliphatic carbocycles. The number of nitrogens with one attached hydrogen (secondary N) is 4. The van der Waals surface area contributed by atoms with Gasteiger partial charge in [0.15, 0.2) is 5.82 Å². The predicted molar refractivity (Wildman–Crippen MR) is 152 cm³/mol. The van der Waals surface area contributed by atoms with Gasteiger partial charge in [-0.15, -0.1) is 0 Å². The number of likely N-dealkylation sites (N-methyl/N-ethyl adjacent to an activating group) is 1. The topological polar surface area (TPSA) is 110 Å². The summed E-state index contributed by atoms with van der Waals surface area (Å²) in [5, 5.41) is 19.9. The molecule has 2 aromatic carbocycles. The molecule has 0 saturated carbocycles. The number of fused-ring (bicyclic) bond motifs is 2. The molecule has 4 heterocycles. The van der Waals surface area contributed by atoms with E-state index in [1.54, 1.807) is 0 Å². The van der Waals surface area contributed by atoms with Crippen molar-refractivity contribution in [2.75, 3.05) is 19.8 Å². The van der Waals surface area contributed by atoms with Crippen molar-refractivity contribution in [3.05, 3.63) is 107 Å². The average molecular weight is 522 g/mol. The zero-order chi connectivity index (χ0) is 26.8. The highest BCUT2D eigenvalue weighted by Crippen LogP contribution is 2.31. The number of aromatic amines is 1. The number of aromatic hydroxyl groups is 1. The number of hydrogen-bond acceptors (Lipinski definition) is 7. The number of H-pyrrole nitrogens is 1. The summed E-state index contributed by atoms with van der Waals surface area (Å²) >= 11 is 0. The van der Waals surface area contributed by atoms with Gasteiger partial charge in [0.05, 0.1) is 23.4 Å². The lowest BCUT2D eigenvalue weighted by Crippen LogP contribution is -2.15. The highest BCUT2D eigenvalue weighted by molar-refractivity contribution is 6.13. The van der Waals surface area contributed by atoms with E-state index >= 15 is 0 Å². The molecule has 0 fully saturated rings. The number of para-hydroxylation sites is 1. The number of nitrogens with zero attached hydrogens (tertiary/aromatic N) is 3. The molecule has 9 heteroatoms. The SMILES string of the molecule is CCNCC1=CC(c2cc3c(cn2)CNCN=C3c2nc3c(-c4cc(O)cc(F)c4)cccc3[nH]2)=CNC=C1. The lowest BCUT2D eigenvalue weighted by Gasteiger charge is -2.11. The molecule has 0 bridgehead atoms. The van der Waals surface area contributed by atoms with E-state index < -0.39 is 5.82 Å². The number of allylic oxidation sites excluding steroid dienone is 2. The molecule has 5 N–H and O–H groups in total. The van der Waals surface area contributed by atoms with Crippen LogP contribution in [0.25, 0.3) is 27.7 Å². The van der Waals surface area contributed by atoms with Gasteiger partial charge < -0.3 is 20.7 Å². The number of aliphatic imine (C=N–C) groups is 1. The van der Waals surface area contributed by atoms with Crippen LogP contribution in [0.1, 0.15) is 29.6 Å². The molecular weight excluding hydrogens is 493 g/mol. The summed E-state index contributed by atoms with van der Waals surface area (Å²) in [7, 11) is 0. The van der Waals surface area contributed by atoms with Gasteiger partial charge >= 0.3 is 0 Å². The van der Waals surface area contributed by atoms with Crippen molar-refractivity contribution in [1.82, 2.24) is 30.9 Å². The molecule has 2 aliphatic rings. The first kappa shape index (κ1) is 24.7. The van der Waals surface area contributed by atoms with Crippen molar-refractivity contribution < 1.29 is 9.50 Å². The first-order chi connectivity index (χ1) is 19.1. The average Bonchev–Trinajstić information content (AvgIpc) is 3.08. The fourth-order valence-corrected chi connectivity index (χ4v) is 4.83. The summed E-state index contributed by atoms with van der Waals surface area (Å²) in [6, 6.07) is 11.7. The van der Waals surface area contributed by atoms with Crippen molar-refractivity contribution in [3.8, 4) is 16.9 Å². The van der Waals surface area contributed by atoms with Crippen LogP contribution in [0.5, 0.6) is 5.75 Å². The summed E-state index contributed by atoms with van der Waals surface area (Å²) in [5.41, 5.74) is 8.34. The molecule has 196 valence electrons. The first-order valence-electron chi connectivity index (χ1n) is 12.9. The number of aromatic nitrogens is 3. The quantitative estimate of drug-likeness (QED) is 0.258. The fourth-order valence-electron chi connectivity index (χ4n) is 4.83. The van der Waals surface area contributed by atoms with Gasteiger partial charge in [0.25, 0.3) is 0 Å². The third-order valence-electron chi connectivity index (χ3n) is 6.68. The van der Waals surface area contributed by atoms with Gasteiger partial charge in [-0.3, -0.25) is 15.3 Å². The highest BCUT2D eigenvalue weighted by atomic mass is 19.1. The van der Waals surface area contributed by atoms with E-state index in [9.17, 15) is 9.50 Å². The second-order valence-corrected chi connectivity index (χ2v) is 9.40. The van der Waals surface area contributed by atoms with Crippen molar-refractivity contribution in [1.29, 1.82) is 0 Å². The van der Waals surface area contributed by atoms with Crippen molar-refractivity contribution in [3.63, 3.8) is 0 Å². The molecule has 0 atom stereocenters. The maximum atomic E-state index is 14.1. The van der Waals surface area contributed by atoms with E-state index in [-0.39, 0.29) is 5.75 Å². The molecule has 0 radical (unpaired) electrons. The lowest BCUT2D eigenvalue weighted by molar-refractivity contribution is 0.469. The summed E-state index contributed by atoms with van der Waals surface area (Å²) in [6.07, 6.45) is 9.93. The Bertz CT molecular complexity index is 1660. The van der Waals surface area contributed by atoms with Crippen LogP contribution in [0.4, 0.5) is 4.39 Å². The Morgan fingerprint density at radius 1 is 1.13 bits per heavy atom. The third kappa shape index (κ3) is 5.09. The molecule has 0 amide bonds. The van der Waals surface area contributed by atoms with E-state index in [0.717, 1.165) is 58.4 Å². The number of imidazole rings is 1. The molecule has 39 heavy (non-hydrogen) atoms. The van der Waals surface area contributed by atoms with Gasteiger partial charge in [-0.2, -0.15) is 0 Å². The molecule has 8 nitrogen and oxygen atoms in total. The number of hydrogen-bond donors (Lipinski definition) is 5. The second-order valence-electron chi connectivity index (χ2n) is 9.40. The van der Waals surface area contributed by atoms with Crippen LogP contribution in [-0.4, -0.2) is 45.5 Å². The highest BCUT2D eigenvalue weighted by Gasteiger charge is 2.21. The van der Waals surface area contributed by atoms with Gasteiger partial charge in [0.2, 0.25) is 0 Å². The Hall–Kier alpha value is -4.60. The van der Waals surface area contributed by atoms with Crippen LogP contribution < -0.4 is 16.0 Å². The minimum atomic E-state index is -0.508. The molecule has 0 unspecified atom stereocenters. The summed E-state index contributed by atoms with van der Waals surface area (Å²) in [5.74, 6) is -0.0320. The molecule has 6 rings (SSSR count). The Balaban J connectivity index is 1.43. The first-order valence-corrected chi connectivity index (χ1v) is 12.9. The van der Waals surface area contributed by atoms with E-state index in [1.807, 2.05) is 36.8 Å². The van der Waals surface area contributed by atoms with Crippen molar-refractivity contribution >= 4 is 22.3 Å². The standard InChI is InChI=1S/C30H28FN7O/c1-2-32-13-18-6-7-33-14-20(8-18)27-12-25-21(16-35-27)15-34-17-36-29(25)30-37-26-5-3-4-24(28(26)38-30)19-9-22(31)11-23(39)10-19/h3-12,14,16,32-34,39H,2,13,15,17H2,1H3,(H,37,38). The predicted octanol–water partition coefficient (Wildman–Crippen LogP) is 4.36. The Morgan fingerprint density at radius 3 is 2.92 bits per heavy atom. The van der Waals surface area contributed by atoms with E-state index in [1.165, 1.54) is 12.1 Å². The van der Waals surface area contributed by atoms with Crippen molar-refractivity contribution in [2.45, 2.75) is 13.5 Å². The van der Waals surface area contributed by atoms with Crippen LogP contribution >= 0.6 is 0 Å². The van der Waals surface area contributed by atoms with Crippen LogP contribution in [0, 0.1) is 5.82 Å². The maximum absolute atomic E-state index is 14.1. The van der Waals surface area contributed by atoms with Gasteiger partial charge in [-0.25, -0.2) is 9.37 Å². The minimum absolute atomic E-state index is 0.133. The van der Waals surface area contributed by atoms with Crippen LogP contribution in [0.3, 0.4) is 0 Å². The molecule has 2 aromatic heterocycles. The van der Waals surface area contributed by atoms with Gasteiger partial charge in [0.1, 0.15) is 17.3 Å². The van der Waals surface area contributed by atoms with Gasteiger partial charge in [-0.05, 0) is 59.7 Å². The largest absolute Gasteiger partial charge is 0.508 e. The Labute approximate surface area is 225 Å². The Morgan fingerprint density at radius 2 is 2.05 bits per heavy atom.